The first kappa shape index (κ1) is 22.2. The van der Waals surface area contributed by atoms with Crippen LogP contribution in [-0.4, -0.2) is 39.3 Å². The van der Waals surface area contributed by atoms with Crippen molar-refractivity contribution in [2.75, 3.05) is 13.7 Å². The van der Waals surface area contributed by atoms with E-state index in [1.807, 2.05) is 30.0 Å². The molecule has 0 unspecified atom stereocenters. The molecule has 0 atom stereocenters. The zero-order chi connectivity index (χ0) is 20.2. The van der Waals surface area contributed by atoms with Gasteiger partial charge in [0.05, 0.1) is 19.5 Å². The molecule has 0 saturated heterocycles. The Kier molecular flexibility index (Phi) is 7.37. The number of nitrogens with zero attached hydrogens (tertiary/aromatic N) is 4. The van der Waals surface area contributed by atoms with Crippen LogP contribution < -0.4 is 15.0 Å². The zero-order valence-corrected chi connectivity index (χ0v) is 18.7. The van der Waals surface area contributed by atoms with Gasteiger partial charge in [0.1, 0.15) is 22.8 Å². The van der Waals surface area contributed by atoms with E-state index in [9.17, 15) is 0 Å². The van der Waals surface area contributed by atoms with Crippen LogP contribution in [0.25, 0.3) is 11.2 Å². The number of aryl methyl sites for hydroxylation is 1. The summed E-state index contributed by atoms with van der Waals surface area (Å²) < 4.78 is 13.8. The maximum absolute atomic E-state index is 6.34. The van der Waals surface area contributed by atoms with Crippen molar-refractivity contribution < 1.29 is 9.47 Å². The van der Waals surface area contributed by atoms with E-state index in [0.717, 1.165) is 53.4 Å². The number of aromatic nitrogens is 4. The van der Waals surface area contributed by atoms with Gasteiger partial charge in [0.2, 0.25) is 0 Å². The fraction of sp³-hybridized carbons (Fsp3) is 0.500. The molecule has 7 nitrogen and oxygen atoms in total. The molecule has 1 N–H and O–H groups in total. The number of rotatable bonds is 7. The molecule has 1 aliphatic rings. The highest BCUT2D eigenvalue weighted by molar-refractivity contribution is 5.85. The van der Waals surface area contributed by atoms with Crippen LogP contribution in [0.4, 0.5) is 0 Å². The van der Waals surface area contributed by atoms with Gasteiger partial charge in [-0.25, -0.2) is 9.97 Å². The van der Waals surface area contributed by atoms with Crippen molar-refractivity contribution in [3.05, 3.63) is 41.4 Å². The summed E-state index contributed by atoms with van der Waals surface area (Å²) in [6, 6.07) is 6.03. The van der Waals surface area contributed by atoms with Crippen LogP contribution in [0.5, 0.6) is 11.5 Å². The highest BCUT2D eigenvalue weighted by Gasteiger charge is 2.19. The molecule has 2 heterocycles. The van der Waals surface area contributed by atoms with Gasteiger partial charge in [-0.3, -0.25) is 4.99 Å². The number of ether oxygens (including phenoxy) is 2. The maximum Gasteiger partial charge on any atom is 0.176 e. The van der Waals surface area contributed by atoms with Crippen LogP contribution in [0.15, 0.2) is 29.5 Å². The van der Waals surface area contributed by atoms with E-state index >= 15 is 0 Å². The number of nitrogens with one attached hydrogen (secondary N) is 1. The predicted molar refractivity (Wildman–Crippen MR) is 120 cm³/mol. The lowest BCUT2D eigenvalue weighted by atomic mass is 10.1. The van der Waals surface area contributed by atoms with Crippen LogP contribution >= 0.6 is 12.4 Å². The number of benzene rings is 1. The quantitative estimate of drug-likeness (QED) is 0.612. The van der Waals surface area contributed by atoms with E-state index in [4.69, 9.17) is 14.5 Å². The van der Waals surface area contributed by atoms with Gasteiger partial charge in [-0.15, -0.1) is 12.4 Å². The van der Waals surface area contributed by atoms with Crippen molar-refractivity contribution in [2.45, 2.75) is 58.6 Å². The van der Waals surface area contributed by atoms with Crippen molar-refractivity contribution in [1.29, 1.82) is 0 Å². The highest BCUT2D eigenvalue weighted by atomic mass is 35.5. The largest absolute Gasteiger partial charge is 0.497 e. The number of halogens is 1. The molecule has 30 heavy (non-hydrogen) atoms. The van der Waals surface area contributed by atoms with Gasteiger partial charge in [-0.2, -0.15) is 0 Å². The summed E-state index contributed by atoms with van der Waals surface area (Å²) in [5, 5.41) is 0. The normalized spacial score (nSPS) is 14.8. The van der Waals surface area contributed by atoms with E-state index in [-0.39, 0.29) is 18.5 Å². The molecule has 1 fully saturated rings. The average Bonchev–Trinajstić information content (AvgIpc) is 3.39. The molecule has 8 heteroatoms. The van der Waals surface area contributed by atoms with E-state index in [0.29, 0.717) is 18.5 Å². The average molecular weight is 432 g/mol. The van der Waals surface area contributed by atoms with Crippen LogP contribution in [0.2, 0.25) is 0 Å². The lowest BCUT2D eigenvalue weighted by Gasteiger charge is -2.17. The molecule has 0 radical (unpaired) electrons. The van der Waals surface area contributed by atoms with Crippen LogP contribution in [0.1, 0.15) is 50.9 Å². The minimum absolute atomic E-state index is 0. The Balaban J connectivity index is 0.00000256. The molecule has 0 amide bonds. The number of fused-ring (bicyclic) bond motifs is 1. The van der Waals surface area contributed by atoms with Gasteiger partial charge in [-0.05, 0) is 45.6 Å². The van der Waals surface area contributed by atoms with Gasteiger partial charge < -0.3 is 19.0 Å². The zero-order valence-electron chi connectivity index (χ0n) is 17.9. The van der Waals surface area contributed by atoms with E-state index in [1.54, 1.807) is 7.11 Å². The molecule has 1 saturated carbocycles. The summed E-state index contributed by atoms with van der Waals surface area (Å²) in [6.45, 7) is 5.59. The van der Waals surface area contributed by atoms with Gasteiger partial charge in [0.25, 0.3) is 0 Å². The Morgan fingerprint density at radius 1 is 1.23 bits per heavy atom. The minimum atomic E-state index is 0. The van der Waals surface area contributed by atoms with Gasteiger partial charge in [0, 0.05) is 31.1 Å². The first-order valence-electron chi connectivity index (χ1n) is 10.5. The molecule has 0 spiro atoms. The summed E-state index contributed by atoms with van der Waals surface area (Å²) in [6.07, 6.45) is 7.46. The summed E-state index contributed by atoms with van der Waals surface area (Å²) in [4.78, 5) is 17.3. The van der Waals surface area contributed by atoms with Crippen molar-refractivity contribution >= 4 is 23.6 Å². The number of aromatic amines is 1. The topological polar surface area (TPSA) is 77.3 Å². The first-order chi connectivity index (χ1) is 14.2. The van der Waals surface area contributed by atoms with Crippen molar-refractivity contribution in [1.82, 2.24) is 19.5 Å². The van der Waals surface area contributed by atoms with Gasteiger partial charge in [-0.1, -0.05) is 6.07 Å². The standard InChI is InChI=1S/C22H29N5O2.ClH/c1-4-23-21-20-22(27(5-2)14-24-21)26-19(25-20)12-15-10-11-17(28-3)13-18(15)29-16-8-6-7-9-16;/h10-11,13-14,16H,4-9,12H2,1-3H3,(H,25,26);1H. The second-order valence-corrected chi connectivity index (χ2v) is 7.39. The maximum atomic E-state index is 6.34. The van der Waals surface area contributed by atoms with Crippen LogP contribution in [-0.2, 0) is 13.0 Å². The van der Waals surface area contributed by atoms with E-state index in [1.165, 1.54) is 12.8 Å². The van der Waals surface area contributed by atoms with E-state index in [2.05, 4.69) is 28.0 Å². The number of methoxy groups -OCH3 is 1. The van der Waals surface area contributed by atoms with Crippen LogP contribution in [0.3, 0.4) is 0 Å². The Morgan fingerprint density at radius 3 is 2.73 bits per heavy atom. The fourth-order valence-corrected chi connectivity index (χ4v) is 3.89. The molecule has 162 valence electrons. The predicted octanol–water partition coefficient (Wildman–Crippen LogP) is 4.04. The third-order valence-corrected chi connectivity index (χ3v) is 5.43. The molecule has 4 rings (SSSR count). The first-order valence-corrected chi connectivity index (χ1v) is 10.5. The Labute approximate surface area is 183 Å². The lowest BCUT2D eigenvalue weighted by molar-refractivity contribution is 0.207. The van der Waals surface area contributed by atoms with Crippen molar-refractivity contribution in [3.63, 3.8) is 0 Å². The van der Waals surface area contributed by atoms with Gasteiger partial charge >= 0.3 is 0 Å². The third-order valence-electron chi connectivity index (χ3n) is 5.43. The summed E-state index contributed by atoms with van der Waals surface area (Å²) in [7, 11) is 1.68. The summed E-state index contributed by atoms with van der Waals surface area (Å²) >= 11 is 0. The second kappa shape index (κ2) is 9.98. The SMILES string of the molecule is CCN=c1ncn(CC)c2nc(Cc3ccc(OC)cc3OC3CCCC3)[nH]c12.Cl. The van der Waals surface area contributed by atoms with Gasteiger partial charge in [0.15, 0.2) is 11.1 Å². The molecular formula is C22H30ClN5O2. The Bertz CT molecular complexity index is 1050. The molecule has 1 aliphatic carbocycles. The van der Waals surface area contributed by atoms with E-state index < -0.39 is 0 Å². The van der Waals surface area contributed by atoms with Crippen molar-refractivity contribution in [2.24, 2.45) is 4.99 Å². The Hall–Kier alpha value is -2.54. The molecule has 3 aromatic rings. The monoisotopic (exact) mass is 431 g/mol. The summed E-state index contributed by atoms with van der Waals surface area (Å²) in [5.41, 5.74) is 3.58. The molecule has 0 bridgehead atoms. The minimum Gasteiger partial charge on any atom is -0.497 e. The lowest BCUT2D eigenvalue weighted by Crippen LogP contribution is -2.14. The molecule has 0 aliphatic heterocycles. The van der Waals surface area contributed by atoms with Crippen LogP contribution in [0, 0.1) is 0 Å². The molecular weight excluding hydrogens is 402 g/mol. The number of hydrogen-bond acceptors (Lipinski definition) is 5. The summed E-state index contributed by atoms with van der Waals surface area (Å²) in [5.74, 6) is 2.57. The third kappa shape index (κ3) is 4.61. The number of hydrogen-bond donors (Lipinski definition) is 1. The van der Waals surface area contributed by atoms with Crippen molar-refractivity contribution in [3.8, 4) is 11.5 Å². The smallest absolute Gasteiger partial charge is 0.176 e. The number of imidazole rings is 1. The molecule has 1 aromatic carbocycles. The second-order valence-electron chi connectivity index (χ2n) is 7.39. The molecule has 2 aromatic heterocycles. The highest BCUT2D eigenvalue weighted by Crippen LogP contribution is 2.31. The Morgan fingerprint density at radius 2 is 2.03 bits per heavy atom. The number of H-pyrrole nitrogens is 1. The fourth-order valence-electron chi connectivity index (χ4n) is 3.89.